The summed E-state index contributed by atoms with van der Waals surface area (Å²) in [6.45, 7) is 4.98. The number of anilines is 1. The number of thiophene rings is 1. The van der Waals surface area contributed by atoms with Crippen molar-refractivity contribution in [2.24, 2.45) is 0 Å². The fourth-order valence-corrected chi connectivity index (χ4v) is 3.50. The molecule has 3 rings (SSSR count). The first kappa shape index (κ1) is 16.0. The van der Waals surface area contributed by atoms with Gasteiger partial charge in [-0.25, -0.2) is 0 Å². The van der Waals surface area contributed by atoms with E-state index in [2.05, 4.69) is 29.3 Å². The Labute approximate surface area is 145 Å². The van der Waals surface area contributed by atoms with Crippen LogP contribution in [0.4, 0.5) is 5.69 Å². The fraction of sp³-hybridized carbons (Fsp3) is 0.294. The quantitative estimate of drug-likeness (QED) is 0.848. The van der Waals surface area contributed by atoms with Gasteiger partial charge >= 0.3 is 0 Å². The van der Waals surface area contributed by atoms with E-state index < -0.39 is 0 Å². The minimum atomic E-state index is 0.122. The highest BCUT2D eigenvalue weighted by molar-refractivity contribution is 7.80. The lowest BCUT2D eigenvalue weighted by molar-refractivity contribution is 0.0698. The van der Waals surface area contributed by atoms with Crippen molar-refractivity contribution in [3.63, 3.8) is 0 Å². The predicted molar refractivity (Wildman–Crippen MR) is 99.2 cm³/mol. The smallest absolute Gasteiger partial charge is 0.264 e. The van der Waals surface area contributed by atoms with Crippen molar-refractivity contribution < 1.29 is 4.79 Å². The Morgan fingerprint density at radius 1 is 1.09 bits per heavy atom. The normalized spacial score (nSPS) is 14.7. The summed E-state index contributed by atoms with van der Waals surface area (Å²) >= 11 is 6.98. The van der Waals surface area contributed by atoms with Crippen LogP contribution >= 0.6 is 23.6 Å². The van der Waals surface area contributed by atoms with Gasteiger partial charge in [-0.1, -0.05) is 23.8 Å². The summed E-state index contributed by atoms with van der Waals surface area (Å²) in [6.07, 6.45) is 0. The van der Waals surface area contributed by atoms with Crippen molar-refractivity contribution in [3.05, 3.63) is 52.2 Å². The van der Waals surface area contributed by atoms with E-state index in [-0.39, 0.29) is 5.91 Å². The highest BCUT2D eigenvalue weighted by Crippen LogP contribution is 2.15. The van der Waals surface area contributed by atoms with Crippen LogP contribution < -0.4 is 5.32 Å². The summed E-state index contributed by atoms with van der Waals surface area (Å²) in [5.41, 5.74) is 2.22. The molecular weight excluding hydrogens is 326 g/mol. The zero-order valence-corrected chi connectivity index (χ0v) is 14.6. The molecule has 120 valence electrons. The molecule has 23 heavy (non-hydrogen) atoms. The van der Waals surface area contributed by atoms with Crippen molar-refractivity contribution in [1.82, 2.24) is 9.80 Å². The number of hydrogen-bond acceptors (Lipinski definition) is 3. The van der Waals surface area contributed by atoms with Crippen molar-refractivity contribution in [2.45, 2.75) is 6.92 Å². The minimum Gasteiger partial charge on any atom is -0.345 e. The molecule has 1 saturated heterocycles. The molecule has 1 aliphatic rings. The van der Waals surface area contributed by atoms with Crippen LogP contribution in [0.2, 0.25) is 0 Å². The van der Waals surface area contributed by atoms with Crippen molar-refractivity contribution in [2.75, 3.05) is 31.5 Å². The molecule has 1 fully saturated rings. The number of carbonyl (C=O) groups is 1. The molecule has 0 spiro atoms. The van der Waals surface area contributed by atoms with Crippen molar-refractivity contribution in [3.8, 4) is 0 Å². The molecule has 1 aliphatic heterocycles. The van der Waals surface area contributed by atoms with Gasteiger partial charge in [0.05, 0.1) is 4.88 Å². The summed E-state index contributed by atoms with van der Waals surface area (Å²) in [4.78, 5) is 17.2. The Bertz CT molecular complexity index is 674. The van der Waals surface area contributed by atoms with Crippen LogP contribution in [0.3, 0.4) is 0 Å². The van der Waals surface area contributed by atoms with Crippen LogP contribution in [0.25, 0.3) is 0 Å². The molecule has 4 nitrogen and oxygen atoms in total. The van der Waals surface area contributed by atoms with Gasteiger partial charge in [-0.05, 0) is 42.7 Å². The van der Waals surface area contributed by atoms with Gasteiger partial charge in [0.25, 0.3) is 5.91 Å². The second kappa shape index (κ2) is 7.10. The van der Waals surface area contributed by atoms with Gasteiger partial charge in [0, 0.05) is 31.9 Å². The van der Waals surface area contributed by atoms with Crippen LogP contribution in [-0.2, 0) is 0 Å². The maximum Gasteiger partial charge on any atom is 0.264 e. The van der Waals surface area contributed by atoms with E-state index in [0.717, 1.165) is 28.8 Å². The predicted octanol–water partition coefficient (Wildman–Crippen LogP) is 3.21. The number of hydrogen-bond donors (Lipinski definition) is 1. The molecule has 0 bridgehead atoms. The summed E-state index contributed by atoms with van der Waals surface area (Å²) in [5.74, 6) is 0.122. The molecule has 2 heterocycles. The largest absolute Gasteiger partial charge is 0.345 e. The average molecular weight is 345 g/mol. The van der Waals surface area contributed by atoms with Gasteiger partial charge in [-0.3, -0.25) is 4.79 Å². The summed E-state index contributed by atoms with van der Waals surface area (Å²) in [6, 6.07) is 12.0. The molecule has 1 aromatic carbocycles. The highest BCUT2D eigenvalue weighted by atomic mass is 32.1. The number of piperazine rings is 1. The molecule has 2 aromatic rings. The molecule has 1 N–H and O–H groups in total. The molecule has 0 aliphatic carbocycles. The van der Waals surface area contributed by atoms with E-state index in [1.54, 1.807) is 0 Å². The third-order valence-electron chi connectivity index (χ3n) is 3.89. The van der Waals surface area contributed by atoms with Gasteiger partial charge in [-0.15, -0.1) is 11.3 Å². The van der Waals surface area contributed by atoms with Gasteiger partial charge in [0.1, 0.15) is 0 Å². The number of nitrogens with one attached hydrogen (secondary N) is 1. The second-order valence-electron chi connectivity index (χ2n) is 5.55. The van der Waals surface area contributed by atoms with Crippen LogP contribution in [0.5, 0.6) is 0 Å². The molecule has 0 unspecified atom stereocenters. The third-order valence-corrected chi connectivity index (χ3v) is 5.11. The Balaban J connectivity index is 1.53. The monoisotopic (exact) mass is 345 g/mol. The number of benzene rings is 1. The Kier molecular flexibility index (Phi) is 4.93. The third kappa shape index (κ3) is 3.89. The number of aryl methyl sites for hydroxylation is 1. The van der Waals surface area contributed by atoms with Gasteiger partial charge in [-0.2, -0.15) is 0 Å². The van der Waals surface area contributed by atoms with E-state index in [4.69, 9.17) is 12.2 Å². The van der Waals surface area contributed by atoms with Crippen LogP contribution in [-0.4, -0.2) is 47.0 Å². The number of nitrogens with zero attached hydrogens (tertiary/aromatic N) is 2. The van der Waals surface area contributed by atoms with Crippen LogP contribution in [0.1, 0.15) is 15.2 Å². The highest BCUT2D eigenvalue weighted by Gasteiger charge is 2.23. The molecule has 1 aromatic heterocycles. The lowest BCUT2D eigenvalue weighted by atomic mass is 10.2. The SMILES string of the molecule is Cc1ccc(NC(=S)N2CCN(C(=O)c3cccs3)CC2)cc1. The average Bonchev–Trinajstić information content (AvgIpc) is 3.11. The molecule has 6 heteroatoms. The van der Waals surface area contributed by atoms with E-state index in [1.165, 1.54) is 16.9 Å². The fourth-order valence-electron chi connectivity index (χ4n) is 2.51. The number of carbonyl (C=O) groups excluding carboxylic acids is 1. The topological polar surface area (TPSA) is 35.6 Å². The van der Waals surface area contributed by atoms with E-state index in [0.29, 0.717) is 13.1 Å². The standard InChI is InChI=1S/C17H19N3OS2/c1-13-4-6-14(7-5-13)18-17(22)20-10-8-19(9-11-20)16(21)15-3-2-12-23-15/h2-7,12H,8-11H2,1H3,(H,18,22). The van der Waals surface area contributed by atoms with Gasteiger partial charge < -0.3 is 15.1 Å². The number of rotatable bonds is 2. The summed E-state index contributed by atoms with van der Waals surface area (Å²) < 4.78 is 0. The van der Waals surface area contributed by atoms with Gasteiger partial charge in [0.2, 0.25) is 0 Å². The first-order valence-electron chi connectivity index (χ1n) is 7.59. The summed E-state index contributed by atoms with van der Waals surface area (Å²) in [7, 11) is 0. The minimum absolute atomic E-state index is 0.122. The Morgan fingerprint density at radius 2 is 1.74 bits per heavy atom. The van der Waals surface area contributed by atoms with Crippen LogP contribution in [0, 0.1) is 6.92 Å². The van der Waals surface area contributed by atoms with Crippen molar-refractivity contribution >= 4 is 40.3 Å². The first-order valence-corrected chi connectivity index (χ1v) is 8.87. The maximum atomic E-state index is 12.3. The zero-order valence-electron chi connectivity index (χ0n) is 13.0. The lowest BCUT2D eigenvalue weighted by Crippen LogP contribution is -2.51. The van der Waals surface area contributed by atoms with Crippen molar-refractivity contribution in [1.29, 1.82) is 0 Å². The summed E-state index contributed by atoms with van der Waals surface area (Å²) in [5, 5.41) is 5.92. The first-order chi connectivity index (χ1) is 11.1. The lowest BCUT2D eigenvalue weighted by Gasteiger charge is -2.36. The van der Waals surface area contributed by atoms with Crippen LogP contribution in [0.15, 0.2) is 41.8 Å². The van der Waals surface area contributed by atoms with E-state index >= 15 is 0 Å². The van der Waals surface area contributed by atoms with E-state index in [9.17, 15) is 4.79 Å². The Morgan fingerprint density at radius 3 is 2.35 bits per heavy atom. The number of amides is 1. The molecular formula is C17H19N3OS2. The van der Waals surface area contributed by atoms with Gasteiger partial charge in [0.15, 0.2) is 5.11 Å². The zero-order chi connectivity index (χ0) is 16.2. The second-order valence-corrected chi connectivity index (χ2v) is 6.89. The molecule has 0 saturated carbocycles. The van der Waals surface area contributed by atoms with E-state index in [1.807, 2.05) is 34.5 Å². The number of thiocarbonyl (C=S) groups is 1. The molecule has 1 amide bonds. The Hall–Kier alpha value is -1.92. The maximum absolute atomic E-state index is 12.3. The molecule has 0 radical (unpaired) electrons. The molecule has 0 atom stereocenters.